The lowest BCUT2D eigenvalue weighted by atomic mass is 10.1. The molecule has 0 aliphatic rings. The summed E-state index contributed by atoms with van der Waals surface area (Å²) in [6.45, 7) is 0. The van der Waals surface area contributed by atoms with Crippen LogP contribution in [0.1, 0.15) is 6.42 Å². The monoisotopic (exact) mass is 400 g/mol. The Hall–Kier alpha value is -3.38. The van der Waals surface area contributed by atoms with Gasteiger partial charge in [0.25, 0.3) is 0 Å². The summed E-state index contributed by atoms with van der Waals surface area (Å²) in [7, 11) is 0. The van der Waals surface area contributed by atoms with Crippen molar-refractivity contribution >= 4 is 23.4 Å². The van der Waals surface area contributed by atoms with Crippen molar-refractivity contribution in [2.75, 3.05) is 11.1 Å². The van der Waals surface area contributed by atoms with Gasteiger partial charge in [-0.1, -0.05) is 72.4 Å². The minimum Gasteiger partial charge on any atom is -0.332 e. The van der Waals surface area contributed by atoms with Crippen molar-refractivity contribution in [2.24, 2.45) is 0 Å². The molecule has 0 spiro atoms. The molecule has 0 radical (unpaired) electrons. The van der Waals surface area contributed by atoms with Crippen molar-refractivity contribution in [3.63, 3.8) is 0 Å². The summed E-state index contributed by atoms with van der Waals surface area (Å²) < 4.78 is 0. The van der Waals surface area contributed by atoms with Crippen molar-refractivity contribution < 1.29 is 4.79 Å². The molecule has 2 aromatic heterocycles. The summed E-state index contributed by atoms with van der Waals surface area (Å²) in [5.74, 6) is 0.589. The van der Waals surface area contributed by atoms with Crippen LogP contribution in [0.15, 0.2) is 90.3 Å². The minimum absolute atomic E-state index is 0.0383. The standard InChI is InChI=1S/C23H20N4OS/c28-20(25-19-12-7-14-24-16-19)13-15-29-23-26-21(17-8-3-1-4-9-17)22(27-23)18-10-5-2-6-11-18/h1-12,14,16H,13,15H2,(H,25,28)(H,26,27). The number of carbonyl (C=O) groups excluding carboxylic acids is 1. The first kappa shape index (κ1) is 19.0. The average molecular weight is 401 g/mol. The molecule has 0 atom stereocenters. The first-order valence-corrected chi connectivity index (χ1v) is 10.3. The van der Waals surface area contributed by atoms with Crippen molar-refractivity contribution in [1.29, 1.82) is 0 Å². The van der Waals surface area contributed by atoms with E-state index in [0.29, 0.717) is 17.9 Å². The molecule has 0 saturated carbocycles. The molecule has 0 aliphatic heterocycles. The number of rotatable bonds is 7. The van der Waals surface area contributed by atoms with Gasteiger partial charge in [0.05, 0.1) is 23.3 Å². The van der Waals surface area contributed by atoms with Gasteiger partial charge in [-0.25, -0.2) is 4.98 Å². The molecule has 144 valence electrons. The molecule has 0 saturated heterocycles. The third-order valence-corrected chi connectivity index (χ3v) is 5.18. The normalized spacial score (nSPS) is 10.6. The van der Waals surface area contributed by atoms with E-state index in [-0.39, 0.29) is 5.91 Å². The molecule has 2 aromatic carbocycles. The number of amides is 1. The maximum atomic E-state index is 12.1. The van der Waals surface area contributed by atoms with E-state index in [1.807, 2.05) is 42.5 Å². The molecule has 29 heavy (non-hydrogen) atoms. The minimum atomic E-state index is -0.0383. The lowest BCUT2D eigenvalue weighted by Crippen LogP contribution is -2.12. The van der Waals surface area contributed by atoms with Gasteiger partial charge < -0.3 is 10.3 Å². The lowest BCUT2D eigenvalue weighted by Gasteiger charge is -2.03. The van der Waals surface area contributed by atoms with E-state index in [4.69, 9.17) is 4.98 Å². The van der Waals surface area contributed by atoms with Gasteiger partial charge in [-0.3, -0.25) is 9.78 Å². The fourth-order valence-corrected chi connectivity index (χ4v) is 3.75. The molecule has 6 heteroatoms. The van der Waals surface area contributed by atoms with Crippen LogP contribution in [0.5, 0.6) is 0 Å². The number of pyridine rings is 1. The number of hydrogen-bond acceptors (Lipinski definition) is 4. The Morgan fingerprint density at radius 2 is 1.66 bits per heavy atom. The van der Waals surface area contributed by atoms with Gasteiger partial charge in [0.15, 0.2) is 5.16 Å². The number of H-pyrrole nitrogens is 1. The second-order valence-corrected chi connectivity index (χ2v) is 7.47. The Morgan fingerprint density at radius 1 is 0.931 bits per heavy atom. The molecule has 0 aliphatic carbocycles. The van der Waals surface area contributed by atoms with E-state index in [9.17, 15) is 4.79 Å². The Morgan fingerprint density at radius 3 is 2.34 bits per heavy atom. The lowest BCUT2D eigenvalue weighted by molar-refractivity contribution is -0.115. The van der Waals surface area contributed by atoms with Crippen LogP contribution in [-0.4, -0.2) is 26.6 Å². The predicted octanol–water partition coefficient (Wildman–Crippen LogP) is 5.26. The first-order chi connectivity index (χ1) is 14.3. The average Bonchev–Trinajstić information content (AvgIpc) is 3.20. The van der Waals surface area contributed by atoms with Gasteiger partial charge in [0.2, 0.25) is 5.91 Å². The van der Waals surface area contributed by atoms with Crippen molar-refractivity contribution in [3.05, 3.63) is 85.2 Å². The second kappa shape index (κ2) is 9.21. The number of nitrogens with zero attached hydrogens (tertiary/aromatic N) is 2. The predicted molar refractivity (Wildman–Crippen MR) is 118 cm³/mol. The van der Waals surface area contributed by atoms with Crippen LogP contribution in [0.4, 0.5) is 5.69 Å². The first-order valence-electron chi connectivity index (χ1n) is 9.33. The Labute approximate surface area is 173 Å². The fourth-order valence-electron chi connectivity index (χ4n) is 2.94. The molecular formula is C23H20N4OS. The number of carbonyl (C=O) groups is 1. The highest BCUT2D eigenvalue weighted by Crippen LogP contribution is 2.32. The number of imidazole rings is 1. The van der Waals surface area contributed by atoms with Gasteiger partial charge >= 0.3 is 0 Å². The van der Waals surface area contributed by atoms with E-state index < -0.39 is 0 Å². The summed E-state index contributed by atoms with van der Waals surface area (Å²) in [6.07, 6.45) is 3.70. The van der Waals surface area contributed by atoms with Gasteiger partial charge in [-0.05, 0) is 12.1 Å². The SMILES string of the molecule is O=C(CCSc1nc(-c2ccccc2)c(-c2ccccc2)[nH]1)Nc1cccnc1. The van der Waals surface area contributed by atoms with E-state index in [0.717, 1.165) is 27.7 Å². The third kappa shape index (κ3) is 4.92. The summed E-state index contributed by atoms with van der Waals surface area (Å²) in [5, 5.41) is 3.65. The maximum absolute atomic E-state index is 12.1. The molecule has 2 heterocycles. The second-order valence-electron chi connectivity index (χ2n) is 6.39. The van der Waals surface area contributed by atoms with Gasteiger partial charge in [0, 0.05) is 29.5 Å². The molecule has 2 N–H and O–H groups in total. The van der Waals surface area contributed by atoms with E-state index in [1.54, 1.807) is 30.2 Å². The number of thioether (sulfide) groups is 1. The van der Waals surface area contributed by atoms with Crippen LogP contribution in [-0.2, 0) is 4.79 Å². The van der Waals surface area contributed by atoms with Crippen LogP contribution in [0, 0.1) is 0 Å². The molecule has 1 amide bonds. The van der Waals surface area contributed by atoms with Crippen molar-refractivity contribution in [3.8, 4) is 22.5 Å². The smallest absolute Gasteiger partial charge is 0.225 e. The van der Waals surface area contributed by atoms with Crippen LogP contribution >= 0.6 is 11.8 Å². The van der Waals surface area contributed by atoms with E-state index >= 15 is 0 Å². The van der Waals surface area contributed by atoms with Crippen LogP contribution < -0.4 is 5.32 Å². The van der Waals surface area contributed by atoms with Gasteiger partial charge in [-0.2, -0.15) is 0 Å². The highest BCUT2D eigenvalue weighted by molar-refractivity contribution is 7.99. The number of anilines is 1. The fraction of sp³-hybridized carbons (Fsp3) is 0.0870. The Bertz CT molecular complexity index is 1010. The summed E-state index contributed by atoms with van der Waals surface area (Å²) >= 11 is 1.54. The number of aromatic nitrogens is 3. The number of benzene rings is 2. The highest BCUT2D eigenvalue weighted by Gasteiger charge is 2.14. The molecular weight excluding hydrogens is 380 g/mol. The van der Waals surface area contributed by atoms with Crippen molar-refractivity contribution in [2.45, 2.75) is 11.6 Å². The number of hydrogen-bond donors (Lipinski definition) is 2. The maximum Gasteiger partial charge on any atom is 0.225 e. The molecule has 4 aromatic rings. The Balaban J connectivity index is 1.47. The van der Waals surface area contributed by atoms with E-state index in [2.05, 4.69) is 39.6 Å². The largest absolute Gasteiger partial charge is 0.332 e. The Kier molecular flexibility index (Phi) is 6.02. The molecule has 4 rings (SSSR count). The molecule has 0 fully saturated rings. The summed E-state index contributed by atoms with van der Waals surface area (Å²) in [4.78, 5) is 24.4. The highest BCUT2D eigenvalue weighted by atomic mass is 32.2. The quantitative estimate of drug-likeness (QED) is 0.415. The summed E-state index contributed by atoms with van der Waals surface area (Å²) in [5.41, 5.74) is 4.75. The zero-order valence-electron chi connectivity index (χ0n) is 15.7. The van der Waals surface area contributed by atoms with Crippen LogP contribution in [0.3, 0.4) is 0 Å². The number of aromatic amines is 1. The molecule has 5 nitrogen and oxygen atoms in total. The van der Waals surface area contributed by atoms with Gasteiger partial charge in [0.1, 0.15) is 0 Å². The van der Waals surface area contributed by atoms with Crippen molar-refractivity contribution in [1.82, 2.24) is 15.0 Å². The number of nitrogens with one attached hydrogen (secondary N) is 2. The summed E-state index contributed by atoms with van der Waals surface area (Å²) in [6, 6.07) is 23.9. The van der Waals surface area contributed by atoms with E-state index in [1.165, 1.54) is 0 Å². The van der Waals surface area contributed by atoms with Crippen LogP contribution in [0.2, 0.25) is 0 Å². The van der Waals surface area contributed by atoms with Crippen LogP contribution in [0.25, 0.3) is 22.5 Å². The van der Waals surface area contributed by atoms with Gasteiger partial charge in [-0.15, -0.1) is 0 Å². The zero-order chi connectivity index (χ0) is 19.9. The molecule has 0 unspecified atom stereocenters. The third-order valence-electron chi connectivity index (χ3n) is 4.30. The molecule has 0 bridgehead atoms. The zero-order valence-corrected chi connectivity index (χ0v) is 16.5. The topological polar surface area (TPSA) is 70.7 Å².